The van der Waals surface area contributed by atoms with Crippen LogP contribution < -0.4 is 10.0 Å². The van der Waals surface area contributed by atoms with Crippen LogP contribution in [0.25, 0.3) is 0 Å². The molecule has 2 aromatic rings. The van der Waals surface area contributed by atoms with Gasteiger partial charge in [-0.1, -0.05) is 12.1 Å². The van der Waals surface area contributed by atoms with Crippen LogP contribution in [0.5, 0.6) is 0 Å². The Morgan fingerprint density at radius 1 is 1.04 bits per heavy atom. The first-order valence-electron chi connectivity index (χ1n) is 8.44. The second-order valence-electron chi connectivity index (χ2n) is 7.10. The van der Waals surface area contributed by atoms with Gasteiger partial charge in [0.1, 0.15) is 11.6 Å². The SMILES string of the molecule is CC(C)(CO)NC(=O)Cc1ccc(NS(=O)(=O)Cc2cc(F)cc(F)c2)cc1. The molecule has 2 rings (SSSR count). The van der Waals surface area contributed by atoms with Crippen molar-refractivity contribution in [1.82, 2.24) is 5.32 Å². The fourth-order valence-corrected chi connectivity index (χ4v) is 3.64. The smallest absolute Gasteiger partial charge is 0.236 e. The van der Waals surface area contributed by atoms with Crippen molar-refractivity contribution >= 4 is 21.6 Å². The molecular weight excluding hydrogens is 390 g/mol. The largest absolute Gasteiger partial charge is 0.394 e. The number of hydrogen-bond donors (Lipinski definition) is 3. The fourth-order valence-electron chi connectivity index (χ4n) is 2.47. The Kier molecular flexibility index (Phi) is 6.73. The fraction of sp³-hybridized carbons (Fsp3) is 0.316. The van der Waals surface area contributed by atoms with E-state index in [-0.39, 0.29) is 30.2 Å². The van der Waals surface area contributed by atoms with Gasteiger partial charge in [-0.25, -0.2) is 17.2 Å². The van der Waals surface area contributed by atoms with Crippen LogP contribution in [0, 0.1) is 11.6 Å². The Morgan fingerprint density at radius 3 is 2.14 bits per heavy atom. The van der Waals surface area contributed by atoms with Gasteiger partial charge in [0.25, 0.3) is 0 Å². The summed E-state index contributed by atoms with van der Waals surface area (Å²) in [5.74, 6) is -2.56. The average molecular weight is 412 g/mol. The number of aliphatic hydroxyl groups is 1. The van der Waals surface area contributed by atoms with E-state index >= 15 is 0 Å². The monoisotopic (exact) mass is 412 g/mol. The van der Waals surface area contributed by atoms with E-state index in [0.29, 0.717) is 11.6 Å². The lowest BCUT2D eigenvalue weighted by molar-refractivity contribution is -0.122. The molecule has 0 fully saturated rings. The van der Waals surface area contributed by atoms with Crippen LogP contribution in [0.3, 0.4) is 0 Å². The van der Waals surface area contributed by atoms with Crippen LogP contribution in [0.15, 0.2) is 42.5 Å². The summed E-state index contributed by atoms with van der Waals surface area (Å²) in [6, 6.07) is 8.74. The summed E-state index contributed by atoms with van der Waals surface area (Å²) >= 11 is 0. The van der Waals surface area contributed by atoms with Gasteiger partial charge < -0.3 is 10.4 Å². The molecule has 0 bridgehead atoms. The van der Waals surface area contributed by atoms with Gasteiger partial charge >= 0.3 is 0 Å². The number of nitrogens with one attached hydrogen (secondary N) is 2. The minimum absolute atomic E-state index is 0.00945. The highest BCUT2D eigenvalue weighted by Crippen LogP contribution is 2.16. The van der Waals surface area contributed by atoms with Crippen molar-refractivity contribution in [2.75, 3.05) is 11.3 Å². The molecule has 0 aliphatic heterocycles. The first-order valence-corrected chi connectivity index (χ1v) is 10.1. The van der Waals surface area contributed by atoms with Gasteiger partial charge in [0.2, 0.25) is 15.9 Å². The summed E-state index contributed by atoms with van der Waals surface area (Å²) in [4.78, 5) is 12.0. The van der Waals surface area contributed by atoms with E-state index in [9.17, 15) is 22.0 Å². The van der Waals surface area contributed by atoms with Crippen molar-refractivity contribution in [1.29, 1.82) is 0 Å². The maximum Gasteiger partial charge on any atom is 0.236 e. The highest BCUT2D eigenvalue weighted by atomic mass is 32.2. The van der Waals surface area contributed by atoms with Gasteiger partial charge in [0.15, 0.2) is 0 Å². The Hall–Kier alpha value is -2.52. The number of hydrogen-bond acceptors (Lipinski definition) is 4. The molecule has 0 radical (unpaired) electrons. The van der Waals surface area contributed by atoms with Crippen molar-refractivity contribution < 1.29 is 27.1 Å². The summed E-state index contributed by atoms with van der Waals surface area (Å²) in [5.41, 5.74) is 0.172. The molecule has 0 saturated heterocycles. The van der Waals surface area contributed by atoms with Crippen LogP contribution >= 0.6 is 0 Å². The van der Waals surface area contributed by atoms with E-state index in [2.05, 4.69) is 10.0 Å². The van der Waals surface area contributed by atoms with E-state index in [1.54, 1.807) is 26.0 Å². The summed E-state index contributed by atoms with van der Waals surface area (Å²) in [5, 5.41) is 11.9. The van der Waals surface area contributed by atoms with E-state index < -0.39 is 32.9 Å². The minimum atomic E-state index is -3.87. The van der Waals surface area contributed by atoms with E-state index in [1.807, 2.05) is 0 Å². The zero-order chi connectivity index (χ0) is 20.9. The second-order valence-corrected chi connectivity index (χ2v) is 8.83. The number of sulfonamides is 1. The van der Waals surface area contributed by atoms with Crippen LogP contribution in [0.4, 0.5) is 14.5 Å². The van der Waals surface area contributed by atoms with E-state index in [0.717, 1.165) is 12.1 Å². The number of anilines is 1. The third kappa shape index (κ3) is 6.90. The first-order chi connectivity index (χ1) is 13.0. The first kappa shape index (κ1) is 21.8. The Labute approximate surface area is 162 Å². The van der Waals surface area contributed by atoms with E-state index in [1.165, 1.54) is 12.1 Å². The molecule has 0 heterocycles. The van der Waals surface area contributed by atoms with Gasteiger partial charge in [-0.2, -0.15) is 0 Å². The molecule has 0 aromatic heterocycles. The summed E-state index contributed by atoms with van der Waals surface area (Å²) in [7, 11) is -3.87. The number of aliphatic hydroxyl groups excluding tert-OH is 1. The zero-order valence-electron chi connectivity index (χ0n) is 15.5. The lowest BCUT2D eigenvalue weighted by atomic mass is 10.1. The van der Waals surface area contributed by atoms with Gasteiger partial charge in [-0.3, -0.25) is 9.52 Å². The maximum atomic E-state index is 13.2. The number of amides is 1. The van der Waals surface area contributed by atoms with Gasteiger partial charge in [0.05, 0.1) is 24.3 Å². The standard InChI is InChI=1S/C19H22F2N2O4S/c1-19(2,12-24)22-18(25)9-13-3-5-17(6-4-13)23-28(26,27)11-14-7-15(20)10-16(21)8-14/h3-8,10,23-24H,9,11-12H2,1-2H3,(H,22,25). The summed E-state index contributed by atoms with van der Waals surface area (Å²) < 4.78 is 53.1. The van der Waals surface area contributed by atoms with Crippen molar-refractivity contribution in [3.8, 4) is 0 Å². The normalized spacial score (nSPS) is 11.9. The molecule has 1 amide bonds. The molecule has 3 N–H and O–H groups in total. The zero-order valence-corrected chi connectivity index (χ0v) is 16.3. The van der Waals surface area contributed by atoms with Gasteiger partial charge in [-0.15, -0.1) is 0 Å². The predicted octanol–water partition coefficient (Wildman–Crippen LogP) is 2.34. The van der Waals surface area contributed by atoms with Crippen LogP contribution in [-0.2, 0) is 27.0 Å². The van der Waals surface area contributed by atoms with Crippen LogP contribution in [-0.4, -0.2) is 31.6 Å². The quantitative estimate of drug-likeness (QED) is 0.620. The lowest BCUT2D eigenvalue weighted by Gasteiger charge is -2.23. The molecule has 0 aliphatic rings. The maximum absolute atomic E-state index is 13.2. The van der Waals surface area contributed by atoms with Crippen molar-refractivity contribution in [3.63, 3.8) is 0 Å². The number of benzene rings is 2. The molecule has 0 unspecified atom stereocenters. The minimum Gasteiger partial charge on any atom is -0.394 e. The highest BCUT2D eigenvalue weighted by molar-refractivity contribution is 7.91. The topological polar surface area (TPSA) is 95.5 Å². The molecule has 0 atom stereocenters. The average Bonchev–Trinajstić information content (AvgIpc) is 2.54. The molecule has 9 heteroatoms. The molecule has 0 aliphatic carbocycles. The summed E-state index contributed by atoms with van der Waals surface area (Å²) in [6.07, 6.45) is 0.0685. The molecule has 0 saturated carbocycles. The van der Waals surface area contributed by atoms with Crippen LogP contribution in [0.2, 0.25) is 0 Å². The Morgan fingerprint density at radius 2 is 1.61 bits per heavy atom. The Balaban J connectivity index is 2.00. The molecular formula is C19H22F2N2O4S. The van der Waals surface area contributed by atoms with Crippen molar-refractivity contribution in [2.24, 2.45) is 0 Å². The Bertz CT molecular complexity index is 925. The van der Waals surface area contributed by atoms with Gasteiger partial charge in [0, 0.05) is 11.8 Å². The number of rotatable bonds is 8. The summed E-state index contributed by atoms with van der Waals surface area (Å²) in [6.45, 7) is 3.18. The molecule has 6 nitrogen and oxygen atoms in total. The third-order valence-corrected chi connectivity index (χ3v) is 5.00. The third-order valence-electron chi connectivity index (χ3n) is 3.74. The van der Waals surface area contributed by atoms with Crippen molar-refractivity contribution in [3.05, 3.63) is 65.2 Å². The highest BCUT2D eigenvalue weighted by Gasteiger charge is 2.19. The molecule has 2 aromatic carbocycles. The second kappa shape index (κ2) is 8.66. The predicted molar refractivity (Wildman–Crippen MR) is 102 cm³/mol. The number of halogens is 2. The molecule has 28 heavy (non-hydrogen) atoms. The van der Waals surface area contributed by atoms with Gasteiger partial charge in [-0.05, 0) is 49.2 Å². The lowest BCUT2D eigenvalue weighted by Crippen LogP contribution is -2.46. The number of carbonyl (C=O) groups excluding carboxylic acids is 1. The van der Waals surface area contributed by atoms with Crippen LogP contribution in [0.1, 0.15) is 25.0 Å². The number of carbonyl (C=O) groups is 1. The van der Waals surface area contributed by atoms with Crippen molar-refractivity contribution in [2.45, 2.75) is 31.6 Å². The molecule has 0 spiro atoms. The molecule has 152 valence electrons. The van der Waals surface area contributed by atoms with E-state index in [4.69, 9.17) is 5.11 Å².